The van der Waals surface area contributed by atoms with E-state index < -0.39 is 0 Å². The van der Waals surface area contributed by atoms with Gasteiger partial charge in [-0.2, -0.15) is 0 Å². The van der Waals surface area contributed by atoms with Crippen LogP contribution in [0.4, 0.5) is 0 Å². The SMILES string of the molecule is C[C@@]12CCC[C@H]1[C@@H]1CC(O)C3=CCCC[C@]3(C)[C@H]1CC2. The van der Waals surface area contributed by atoms with Crippen molar-refractivity contribution in [2.75, 3.05) is 0 Å². The molecule has 1 heteroatoms. The molecule has 0 saturated heterocycles. The van der Waals surface area contributed by atoms with Crippen LogP contribution in [0.2, 0.25) is 0 Å². The van der Waals surface area contributed by atoms with Crippen molar-refractivity contribution in [2.24, 2.45) is 28.6 Å². The summed E-state index contributed by atoms with van der Waals surface area (Å²) in [5.74, 6) is 2.55. The second-order valence-corrected chi connectivity index (χ2v) is 8.68. The molecular formula is C19H30O. The van der Waals surface area contributed by atoms with Crippen LogP contribution < -0.4 is 0 Å². The quantitative estimate of drug-likeness (QED) is 0.635. The van der Waals surface area contributed by atoms with Crippen LogP contribution >= 0.6 is 0 Å². The van der Waals surface area contributed by atoms with Gasteiger partial charge in [0.05, 0.1) is 6.10 Å². The topological polar surface area (TPSA) is 20.2 Å². The monoisotopic (exact) mass is 274 g/mol. The van der Waals surface area contributed by atoms with Gasteiger partial charge in [-0.1, -0.05) is 26.3 Å². The van der Waals surface area contributed by atoms with Gasteiger partial charge in [0.15, 0.2) is 0 Å². The highest BCUT2D eigenvalue weighted by molar-refractivity contribution is 5.27. The number of allylic oxidation sites excluding steroid dienone is 1. The van der Waals surface area contributed by atoms with Gasteiger partial charge in [0.2, 0.25) is 0 Å². The predicted molar refractivity (Wildman–Crippen MR) is 82.3 cm³/mol. The van der Waals surface area contributed by atoms with Gasteiger partial charge in [-0.05, 0) is 85.5 Å². The predicted octanol–water partition coefficient (Wildman–Crippen LogP) is 4.70. The van der Waals surface area contributed by atoms with Crippen molar-refractivity contribution in [3.63, 3.8) is 0 Å². The number of fused-ring (bicyclic) bond motifs is 5. The number of aliphatic hydroxyl groups excluding tert-OH is 1. The molecule has 4 rings (SSSR count). The average molecular weight is 274 g/mol. The highest BCUT2D eigenvalue weighted by atomic mass is 16.3. The van der Waals surface area contributed by atoms with Crippen LogP contribution in [0.1, 0.15) is 71.6 Å². The minimum atomic E-state index is -0.135. The highest BCUT2D eigenvalue weighted by Gasteiger charge is 2.57. The third kappa shape index (κ3) is 1.65. The fourth-order valence-electron chi connectivity index (χ4n) is 6.81. The molecule has 4 aliphatic rings. The largest absolute Gasteiger partial charge is 0.389 e. The maximum atomic E-state index is 10.7. The van der Waals surface area contributed by atoms with E-state index in [0.717, 1.165) is 24.2 Å². The second kappa shape index (κ2) is 4.35. The van der Waals surface area contributed by atoms with E-state index in [2.05, 4.69) is 19.9 Å². The maximum absolute atomic E-state index is 10.7. The fourth-order valence-corrected chi connectivity index (χ4v) is 6.81. The molecule has 4 aliphatic carbocycles. The van der Waals surface area contributed by atoms with Gasteiger partial charge < -0.3 is 5.11 Å². The lowest BCUT2D eigenvalue weighted by Gasteiger charge is -2.58. The molecule has 0 heterocycles. The van der Waals surface area contributed by atoms with Gasteiger partial charge in [0.1, 0.15) is 0 Å². The van der Waals surface area contributed by atoms with Crippen LogP contribution in [-0.4, -0.2) is 11.2 Å². The molecule has 0 amide bonds. The van der Waals surface area contributed by atoms with Crippen molar-refractivity contribution in [3.05, 3.63) is 11.6 Å². The van der Waals surface area contributed by atoms with E-state index in [1.807, 2.05) is 0 Å². The Morgan fingerprint density at radius 3 is 2.75 bits per heavy atom. The summed E-state index contributed by atoms with van der Waals surface area (Å²) >= 11 is 0. The fraction of sp³-hybridized carbons (Fsp3) is 0.895. The molecule has 1 unspecified atom stereocenters. The Kier molecular flexibility index (Phi) is 2.91. The Bertz CT molecular complexity index is 439. The zero-order valence-corrected chi connectivity index (χ0v) is 13.2. The van der Waals surface area contributed by atoms with Crippen molar-refractivity contribution in [1.29, 1.82) is 0 Å². The van der Waals surface area contributed by atoms with Crippen LogP contribution in [-0.2, 0) is 0 Å². The molecule has 112 valence electrons. The third-order valence-electron chi connectivity index (χ3n) is 7.82. The first-order valence-electron chi connectivity index (χ1n) is 8.93. The van der Waals surface area contributed by atoms with Gasteiger partial charge in [0.25, 0.3) is 0 Å². The maximum Gasteiger partial charge on any atom is 0.0758 e. The van der Waals surface area contributed by atoms with Crippen molar-refractivity contribution < 1.29 is 5.11 Å². The molecule has 0 spiro atoms. The summed E-state index contributed by atoms with van der Waals surface area (Å²) in [5, 5.41) is 10.7. The van der Waals surface area contributed by atoms with E-state index in [0.29, 0.717) is 10.8 Å². The molecule has 0 aromatic heterocycles. The lowest BCUT2D eigenvalue weighted by atomic mass is 9.47. The van der Waals surface area contributed by atoms with E-state index in [4.69, 9.17) is 0 Å². The minimum absolute atomic E-state index is 0.135. The van der Waals surface area contributed by atoms with Crippen LogP contribution in [0.25, 0.3) is 0 Å². The number of hydrogen-bond donors (Lipinski definition) is 1. The summed E-state index contributed by atoms with van der Waals surface area (Å²) in [5.41, 5.74) is 2.35. The lowest BCUT2D eigenvalue weighted by molar-refractivity contribution is -0.0677. The molecule has 0 radical (unpaired) electrons. The first-order valence-corrected chi connectivity index (χ1v) is 8.93. The molecule has 0 aromatic rings. The van der Waals surface area contributed by atoms with Gasteiger partial charge >= 0.3 is 0 Å². The van der Waals surface area contributed by atoms with Crippen molar-refractivity contribution in [2.45, 2.75) is 77.7 Å². The zero-order valence-electron chi connectivity index (χ0n) is 13.2. The molecule has 1 N–H and O–H groups in total. The number of hydrogen-bond acceptors (Lipinski definition) is 1. The van der Waals surface area contributed by atoms with Crippen LogP contribution in [0.3, 0.4) is 0 Å². The summed E-state index contributed by atoms with van der Waals surface area (Å²) < 4.78 is 0. The highest BCUT2D eigenvalue weighted by Crippen LogP contribution is 2.65. The first-order chi connectivity index (χ1) is 9.55. The van der Waals surface area contributed by atoms with Gasteiger partial charge in [-0.15, -0.1) is 0 Å². The Hall–Kier alpha value is -0.300. The molecule has 20 heavy (non-hydrogen) atoms. The normalized spacial score (nSPS) is 54.6. The van der Waals surface area contributed by atoms with Crippen LogP contribution in [0.5, 0.6) is 0 Å². The average Bonchev–Trinajstić information content (AvgIpc) is 2.81. The summed E-state index contributed by atoms with van der Waals surface area (Å²) in [4.78, 5) is 0. The van der Waals surface area contributed by atoms with E-state index >= 15 is 0 Å². The summed E-state index contributed by atoms with van der Waals surface area (Å²) in [6, 6.07) is 0. The van der Waals surface area contributed by atoms with Gasteiger partial charge in [0, 0.05) is 0 Å². The molecule has 0 aliphatic heterocycles. The molecule has 3 fully saturated rings. The second-order valence-electron chi connectivity index (χ2n) is 8.68. The number of aliphatic hydroxyl groups is 1. The molecule has 3 saturated carbocycles. The molecule has 0 bridgehead atoms. The third-order valence-corrected chi connectivity index (χ3v) is 7.82. The Morgan fingerprint density at radius 2 is 1.90 bits per heavy atom. The molecular weight excluding hydrogens is 244 g/mol. The zero-order chi connectivity index (χ0) is 14.0. The minimum Gasteiger partial charge on any atom is -0.389 e. The van der Waals surface area contributed by atoms with Crippen LogP contribution in [0.15, 0.2) is 11.6 Å². The van der Waals surface area contributed by atoms with E-state index in [9.17, 15) is 5.11 Å². The standard InChI is InChI=1S/C19H30O/c1-18-9-5-7-14(18)13-12-17(20)16-6-3-4-10-19(16,2)15(13)8-11-18/h6,13-15,17,20H,3-5,7-12H2,1-2H3/t13-,14-,15-,17?,18-,19+/m0/s1. The van der Waals surface area contributed by atoms with Gasteiger partial charge in [-0.25, -0.2) is 0 Å². The summed E-state index contributed by atoms with van der Waals surface area (Å²) in [6.45, 7) is 5.03. The first kappa shape index (κ1) is 13.4. The van der Waals surface area contributed by atoms with E-state index in [1.54, 1.807) is 0 Å². The Labute approximate surface area is 123 Å². The van der Waals surface area contributed by atoms with Crippen LogP contribution in [0, 0.1) is 28.6 Å². The smallest absolute Gasteiger partial charge is 0.0758 e. The molecule has 0 aromatic carbocycles. The molecule has 1 nitrogen and oxygen atoms in total. The van der Waals surface area contributed by atoms with E-state index in [-0.39, 0.29) is 6.10 Å². The van der Waals surface area contributed by atoms with Gasteiger partial charge in [-0.3, -0.25) is 0 Å². The summed E-state index contributed by atoms with van der Waals surface area (Å²) in [6.07, 6.45) is 14.3. The molecule has 6 atom stereocenters. The Morgan fingerprint density at radius 1 is 1.05 bits per heavy atom. The van der Waals surface area contributed by atoms with E-state index in [1.165, 1.54) is 56.9 Å². The van der Waals surface area contributed by atoms with Crippen molar-refractivity contribution in [3.8, 4) is 0 Å². The summed E-state index contributed by atoms with van der Waals surface area (Å²) in [7, 11) is 0. The van der Waals surface area contributed by atoms with Crippen molar-refractivity contribution >= 4 is 0 Å². The lowest BCUT2D eigenvalue weighted by Crippen LogP contribution is -2.52. The Balaban J connectivity index is 1.72. The number of rotatable bonds is 0. The van der Waals surface area contributed by atoms with Crippen molar-refractivity contribution in [1.82, 2.24) is 0 Å².